The zero-order valence-corrected chi connectivity index (χ0v) is 7.01. The molecular weight excluding hydrogens is 143 g/mol. The number of hydrogen-bond donors (Lipinski definition) is 0. The molecule has 0 aliphatic carbocycles. The zero-order chi connectivity index (χ0) is 7.65. The van der Waals surface area contributed by atoms with E-state index in [0.29, 0.717) is 0 Å². The monoisotopic (exact) mass is 155 g/mol. The van der Waals surface area contributed by atoms with Gasteiger partial charge in [0.2, 0.25) is 0 Å². The van der Waals surface area contributed by atoms with E-state index >= 15 is 0 Å². The first-order valence-corrected chi connectivity index (χ1v) is 3.22. The Balaban J connectivity index is 3.88. The van der Waals surface area contributed by atoms with Gasteiger partial charge in [-0.05, 0) is 14.0 Å². The Labute approximate surface area is 56.7 Å². The number of nitrogens with zero attached hydrogens (tertiary/aromatic N) is 1. The lowest BCUT2D eigenvalue weighted by Crippen LogP contribution is -2.36. The van der Waals surface area contributed by atoms with E-state index in [0.717, 1.165) is 6.92 Å². The highest BCUT2D eigenvalue weighted by Gasteiger charge is 2.31. The fourth-order valence-corrected chi connectivity index (χ4v) is 0.619. The van der Waals surface area contributed by atoms with Crippen LogP contribution in [-0.4, -0.2) is 23.7 Å². The molecule has 56 valence electrons. The molecule has 0 radical (unpaired) electrons. The van der Waals surface area contributed by atoms with Crippen LogP contribution in [0.3, 0.4) is 0 Å². The Morgan fingerprint density at radius 1 is 1.56 bits per heavy atom. The topological polar surface area (TPSA) is 3.24 Å². The third-order valence-corrected chi connectivity index (χ3v) is 1.79. The zero-order valence-electron chi connectivity index (χ0n) is 5.86. The normalized spacial score (nSPS) is 16.3. The van der Waals surface area contributed by atoms with Crippen molar-refractivity contribution < 1.29 is 8.78 Å². The van der Waals surface area contributed by atoms with E-state index in [9.17, 15) is 8.78 Å². The van der Waals surface area contributed by atoms with Crippen LogP contribution in [-0.2, 0) is 0 Å². The molecule has 0 amide bonds. The summed E-state index contributed by atoms with van der Waals surface area (Å²) in [6.45, 7) is 2.39. The highest BCUT2D eigenvalue weighted by Crippen LogP contribution is 2.22. The molecule has 4 heteroatoms. The number of alkyl halides is 2. The van der Waals surface area contributed by atoms with Gasteiger partial charge in [0.1, 0.15) is 0 Å². The van der Waals surface area contributed by atoms with E-state index in [1.54, 1.807) is 7.05 Å². The van der Waals surface area contributed by atoms with Crippen molar-refractivity contribution in [3.05, 3.63) is 0 Å². The molecule has 0 bridgehead atoms. The molecule has 1 nitrogen and oxygen atoms in total. The Morgan fingerprint density at radius 3 is 1.89 bits per heavy atom. The van der Waals surface area contributed by atoms with Crippen LogP contribution in [0.25, 0.3) is 0 Å². The number of halogens is 2. The van der Waals surface area contributed by atoms with Crippen LogP contribution in [0.1, 0.15) is 13.8 Å². The van der Waals surface area contributed by atoms with Crippen LogP contribution >= 0.6 is 9.39 Å². The smallest absolute Gasteiger partial charge is 0.260 e. The van der Waals surface area contributed by atoms with Crippen molar-refractivity contribution in [3.8, 4) is 0 Å². The fourth-order valence-electron chi connectivity index (χ4n) is 0.358. The molecular formula is C5H12F2NP. The lowest BCUT2D eigenvalue weighted by Gasteiger charge is -2.25. The first kappa shape index (κ1) is 9.25. The van der Waals surface area contributed by atoms with Gasteiger partial charge in [-0.3, -0.25) is 4.67 Å². The van der Waals surface area contributed by atoms with Crippen LogP contribution in [0.15, 0.2) is 0 Å². The van der Waals surface area contributed by atoms with E-state index in [-0.39, 0.29) is 0 Å². The molecule has 0 aromatic carbocycles. The van der Waals surface area contributed by atoms with Gasteiger partial charge in [0.05, 0.1) is 6.04 Å². The summed E-state index contributed by atoms with van der Waals surface area (Å²) in [4.78, 5) is 0. The molecule has 0 aliphatic rings. The Hall–Kier alpha value is 0.250. The summed E-state index contributed by atoms with van der Waals surface area (Å²) in [7, 11) is 3.82. The van der Waals surface area contributed by atoms with Crippen molar-refractivity contribution in [1.82, 2.24) is 4.67 Å². The predicted octanol–water partition coefficient (Wildman–Crippen LogP) is 1.75. The third-order valence-electron chi connectivity index (χ3n) is 1.34. The van der Waals surface area contributed by atoms with Gasteiger partial charge in [-0.2, -0.15) is 0 Å². The van der Waals surface area contributed by atoms with Gasteiger partial charge in [0.25, 0.3) is 5.92 Å². The summed E-state index contributed by atoms with van der Waals surface area (Å²) in [5.74, 6) is -2.61. The summed E-state index contributed by atoms with van der Waals surface area (Å²) in [5, 5.41) is 0. The SMILES string of the molecule is CC(N(C)P)C(C)(F)F. The van der Waals surface area contributed by atoms with Crippen LogP contribution in [0.4, 0.5) is 8.78 Å². The fraction of sp³-hybridized carbons (Fsp3) is 1.00. The maximum Gasteiger partial charge on any atom is 0.260 e. The lowest BCUT2D eigenvalue weighted by atomic mass is 10.2. The van der Waals surface area contributed by atoms with Crippen LogP contribution in [0, 0.1) is 0 Å². The van der Waals surface area contributed by atoms with Crippen LogP contribution in [0.2, 0.25) is 0 Å². The summed E-state index contributed by atoms with van der Waals surface area (Å²) in [6, 6.07) is -0.720. The Kier molecular flexibility index (Phi) is 2.97. The van der Waals surface area contributed by atoms with Gasteiger partial charge in [-0.1, -0.05) is 9.39 Å². The maximum absolute atomic E-state index is 12.3. The minimum absolute atomic E-state index is 0.720. The molecule has 2 atom stereocenters. The molecule has 0 saturated carbocycles. The minimum Gasteiger partial charge on any atom is -0.282 e. The molecule has 9 heavy (non-hydrogen) atoms. The molecule has 0 fully saturated rings. The highest BCUT2D eigenvalue weighted by molar-refractivity contribution is 7.13. The molecule has 0 aromatic heterocycles. The minimum atomic E-state index is -2.61. The first-order chi connectivity index (χ1) is 3.85. The summed E-state index contributed by atoms with van der Waals surface area (Å²) in [5.41, 5.74) is 0. The average Bonchev–Trinajstić information content (AvgIpc) is 1.62. The molecule has 0 rings (SSSR count). The quantitative estimate of drug-likeness (QED) is 0.549. The van der Waals surface area contributed by atoms with Gasteiger partial charge >= 0.3 is 0 Å². The second-order valence-corrected chi connectivity index (χ2v) is 3.11. The van der Waals surface area contributed by atoms with E-state index in [4.69, 9.17) is 0 Å². The Bertz CT molecular complexity index is 89.4. The maximum atomic E-state index is 12.3. The molecule has 0 aliphatic heterocycles. The van der Waals surface area contributed by atoms with Gasteiger partial charge < -0.3 is 0 Å². The van der Waals surface area contributed by atoms with Gasteiger partial charge in [0, 0.05) is 6.92 Å². The summed E-state index contributed by atoms with van der Waals surface area (Å²) in [6.07, 6.45) is 0. The van der Waals surface area contributed by atoms with Crippen molar-refractivity contribution in [2.45, 2.75) is 25.8 Å². The summed E-state index contributed by atoms with van der Waals surface area (Å²) >= 11 is 0. The first-order valence-electron chi connectivity index (χ1n) is 2.71. The summed E-state index contributed by atoms with van der Waals surface area (Å²) < 4.78 is 26.0. The standard InChI is InChI=1S/C5H12F2NP/c1-4(8(3)9)5(2,6)7/h4H,9H2,1-3H3. The highest BCUT2D eigenvalue weighted by atomic mass is 31.0. The van der Waals surface area contributed by atoms with Gasteiger partial charge in [-0.25, -0.2) is 8.78 Å². The van der Waals surface area contributed by atoms with Crippen molar-refractivity contribution in [1.29, 1.82) is 0 Å². The van der Waals surface area contributed by atoms with Gasteiger partial charge in [0.15, 0.2) is 0 Å². The second kappa shape index (κ2) is 2.89. The molecule has 0 saturated heterocycles. The number of hydrogen-bond acceptors (Lipinski definition) is 1. The number of rotatable bonds is 2. The molecule has 0 aromatic rings. The molecule has 2 unspecified atom stereocenters. The van der Waals surface area contributed by atoms with Crippen molar-refractivity contribution in [2.75, 3.05) is 7.05 Å². The van der Waals surface area contributed by atoms with E-state index in [1.807, 2.05) is 0 Å². The third kappa shape index (κ3) is 3.07. The Morgan fingerprint density at radius 2 is 1.89 bits per heavy atom. The van der Waals surface area contributed by atoms with Crippen molar-refractivity contribution in [2.24, 2.45) is 0 Å². The average molecular weight is 155 g/mol. The van der Waals surface area contributed by atoms with E-state index in [2.05, 4.69) is 9.39 Å². The van der Waals surface area contributed by atoms with Crippen molar-refractivity contribution >= 4 is 9.39 Å². The van der Waals surface area contributed by atoms with E-state index < -0.39 is 12.0 Å². The van der Waals surface area contributed by atoms with Crippen molar-refractivity contribution in [3.63, 3.8) is 0 Å². The molecule has 0 spiro atoms. The predicted molar refractivity (Wildman–Crippen MR) is 37.6 cm³/mol. The van der Waals surface area contributed by atoms with Gasteiger partial charge in [-0.15, -0.1) is 0 Å². The lowest BCUT2D eigenvalue weighted by molar-refractivity contribution is -0.0295. The van der Waals surface area contributed by atoms with E-state index in [1.165, 1.54) is 11.6 Å². The molecule has 0 N–H and O–H groups in total. The second-order valence-electron chi connectivity index (χ2n) is 2.30. The largest absolute Gasteiger partial charge is 0.282 e. The van der Waals surface area contributed by atoms with Crippen LogP contribution in [0.5, 0.6) is 0 Å². The molecule has 0 heterocycles. The van der Waals surface area contributed by atoms with Crippen LogP contribution < -0.4 is 0 Å².